The van der Waals surface area contributed by atoms with E-state index in [1.807, 2.05) is 0 Å². The molecule has 1 aliphatic heterocycles. The number of esters is 2. The SMILES string of the molecule is COC(=O)C1=C(c2ccccc2OC(F)F)C(C(=O)OC)=C(C(Br)Br)NC1. The smallest absolute Gasteiger partial charge is 0.387 e. The number of para-hydroxylation sites is 1. The average molecular weight is 511 g/mol. The predicted octanol–water partition coefficient (Wildman–Crippen LogP) is 3.36. The van der Waals surface area contributed by atoms with Crippen LogP contribution in [0.25, 0.3) is 5.57 Å². The molecular formula is C17H15Br2F2NO5. The van der Waals surface area contributed by atoms with Crippen LogP contribution in [0.5, 0.6) is 5.75 Å². The maximum atomic E-state index is 12.9. The number of halogens is 4. The van der Waals surface area contributed by atoms with Crippen molar-refractivity contribution in [2.45, 2.75) is 10.3 Å². The van der Waals surface area contributed by atoms with E-state index in [0.717, 1.165) is 0 Å². The molecule has 0 saturated carbocycles. The number of hydrogen-bond donors (Lipinski definition) is 1. The summed E-state index contributed by atoms with van der Waals surface area (Å²) in [6, 6.07) is 5.87. The zero-order valence-electron chi connectivity index (χ0n) is 14.2. The quantitative estimate of drug-likeness (QED) is 0.467. The summed E-state index contributed by atoms with van der Waals surface area (Å²) in [5.41, 5.74) is 0.679. The molecule has 1 heterocycles. The molecule has 0 radical (unpaired) electrons. The van der Waals surface area contributed by atoms with Crippen LogP contribution in [0.4, 0.5) is 8.78 Å². The lowest BCUT2D eigenvalue weighted by Crippen LogP contribution is -2.33. The number of carbonyl (C=O) groups is 2. The third kappa shape index (κ3) is 4.67. The lowest BCUT2D eigenvalue weighted by atomic mass is 9.88. The van der Waals surface area contributed by atoms with Crippen LogP contribution in [0.3, 0.4) is 0 Å². The Balaban J connectivity index is 2.84. The van der Waals surface area contributed by atoms with Gasteiger partial charge < -0.3 is 19.5 Å². The summed E-state index contributed by atoms with van der Waals surface area (Å²) in [4.78, 5) is 24.8. The Morgan fingerprint density at radius 3 is 2.30 bits per heavy atom. The molecule has 1 aliphatic rings. The van der Waals surface area contributed by atoms with Crippen molar-refractivity contribution in [2.24, 2.45) is 0 Å². The summed E-state index contributed by atoms with van der Waals surface area (Å²) in [5.74, 6) is -1.66. The molecule has 0 fully saturated rings. The first-order valence-electron chi connectivity index (χ1n) is 7.52. The molecule has 1 aromatic carbocycles. The Labute approximate surface area is 170 Å². The molecule has 0 bridgehead atoms. The van der Waals surface area contributed by atoms with Crippen molar-refractivity contribution >= 4 is 49.4 Å². The van der Waals surface area contributed by atoms with Crippen molar-refractivity contribution in [3.05, 3.63) is 46.7 Å². The molecule has 1 aromatic rings. The van der Waals surface area contributed by atoms with Gasteiger partial charge in [0, 0.05) is 17.7 Å². The van der Waals surface area contributed by atoms with Crippen LogP contribution in [0.15, 0.2) is 41.1 Å². The van der Waals surface area contributed by atoms with Crippen LogP contribution in [0.2, 0.25) is 0 Å². The highest BCUT2D eigenvalue weighted by Crippen LogP contribution is 2.40. The molecule has 27 heavy (non-hydrogen) atoms. The van der Waals surface area contributed by atoms with Gasteiger partial charge in [0.25, 0.3) is 0 Å². The molecule has 0 amide bonds. The highest BCUT2D eigenvalue weighted by molar-refractivity contribution is 9.24. The van der Waals surface area contributed by atoms with E-state index < -0.39 is 22.3 Å². The molecule has 1 N–H and O–H groups in total. The van der Waals surface area contributed by atoms with E-state index in [4.69, 9.17) is 9.47 Å². The third-order valence-electron chi connectivity index (χ3n) is 3.69. The normalized spacial score (nSPS) is 14.4. The van der Waals surface area contributed by atoms with E-state index in [9.17, 15) is 18.4 Å². The largest absolute Gasteiger partial charge is 0.466 e. The van der Waals surface area contributed by atoms with Crippen molar-refractivity contribution < 1.29 is 32.6 Å². The summed E-state index contributed by atoms with van der Waals surface area (Å²) < 4.78 is 39.4. The topological polar surface area (TPSA) is 73.9 Å². The van der Waals surface area contributed by atoms with Crippen molar-refractivity contribution in [2.75, 3.05) is 20.8 Å². The Kier molecular flexibility index (Phi) is 7.37. The second kappa shape index (κ2) is 9.32. The van der Waals surface area contributed by atoms with Gasteiger partial charge in [0.05, 0.1) is 31.1 Å². The van der Waals surface area contributed by atoms with Crippen LogP contribution in [-0.4, -0.2) is 43.1 Å². The number of dihydropyridines is 1. The molecule has 0 aliphatic carbocycles. The van der Waals surface area contributed by atoms with Crippen molar-refractivity contribution in [1.29, 1.82) is 0 Å². The van der Waals surface area contributed by atoms with Crippen LogP contribution >= 0.6 is 31.9 Å². The minimum absolute atomic E-state index is 0.00628. The number of hydrogen-bond acceptors (Lipinski definition) is 6. The first-order chi connectivity index (χ1) is 12.8. The van der Waals surface area contributed by atoms with Gasteiger partial charge in [-0.25, -0.2) is 9.59 Å². The fourth-order valence-corrected chi connectivity index (χ4v) is 3.39. The number of allylic oxidation sites excluding steroid dienone is 1. The van der Waals surface area contributed by atoms with Crippen molar-refractivity contribution in [3.8, 4) is 5.75 Å². The Bertz CT molecular complexity index is 808. The molecule has 10 heteroatoms. The second-order valence-electron chi connectivity index (χ2n) is 5.15. The van der Waals surface area contributed by atoms with E-state index >= 15 is 0 Å². The molecule has 0 aromatic heterocycles. The zero-order valence-corrected chi connectivity index (χ0v) is 17.4. The number of methoxy groups -OCH3 is 2. The predicted molar refractivity (Wildman–Crippen MR) is 101 cm³/mol. The number of carbonyl (C=O) groups excluding carboxylic acids is 2. The molecular weight excluding hydrogens is 496 g/mol. The lowest BCUT2D eigenvalue weighted by molar-refractivity contribution is -0.136. The Morgan fingerprint density at radius 2 is 1.74 bits per heavy atom. The van der Waals surface area contributed by atoms with E-state index in [-0.39, 0.29) is 34.6 Å². The molecule has 2 rings (SSSR count). The van der Waals surface area contributed by atoms with E-state index in [1.165, 1.54) is 32.4 Å². The zero-order chi connectivity index (χ0) is 20.1. The van der Waals surface area contributed by atoms with Crippen LogP contribution < -0.4 is 10.1 Å². The summed E-state index contributed by atoms with van der Waals surface area (Å²) in [6.45, 7) is -3.07. The highest BCUT2D eigenvalue weighted by Gasteiger charge is 2.35. The van der Waals surface area contributed by atoms with Gasteiger partial charge in [0.2, 0.25) is 0 Å². The van der Waals surface area contributed by atoms with E-state index in [0.29, 0.717) is 5.70 Å². The Hall–Kier alpha value is -1.94. The minimum Gasteiger partial charge on any atom is -0.466 e. The standard InChI is InChI=1S/C17H15Br2F2NO5/c1-25-15(23)9-7-22-13(14(18)19)12(16(24)26-2)11(9)8-5-3-4-6-10(8)27-17(20)21/h3-6,14,17,22H,7H2,1-2H3. The summed E-state index contributed by atoms with van der Waals surface area (Å²) in [7, 11) is 2.36. The van der Waals surface area contributed by atoms with Gasteiger partial charge in [-0.05, 0) is 6.07 Å². The number of benzene rings is 1. The first kappa shape index (κ1) is 21.4. The van der Waals surface area contributed by atoms with Gasteiger partial charge in [-0.1, -0.05) is 50.1 Å². The molecule has 0 unspecified atom stereocenters. The third-order valence-corrected chi connectivity index (χ3v) is 4.60. The van der Waals surface area contributed by atoms with Crippen molar-refractivity contribution in [1.82, 2.24) is 5.32 Å². The molecule has 0 spiro atoms. The molecule has 6 nitrogen and oxygen atoms in total. The van der Waals surface area contributed by atoms with Crippen LogP contribution in [0, 0.1) is 0 Å². The number of alkyl halides is 4. The lowest BCUT2D eigenvalue weighted by Gasteiger charge is -2.27. The van der Waals surface area contributed by atoms with Crippen LogP contribution in [-0.2, 0) is 19.1 Å². The first-order valence-corrected chi connectivity index (χ1v) is 9.35. The van der Waals surface area contributed by atoms with Gasteiger partial charge in [-0.15, -0.1) is 0 Å². The number of rotatable bonds is 6. The average Bonchev–Trinajstić information content (AvgIpc) is 2.65. The van der Waals surface area contributed by atoms with Gasteiger partial charge in [0.1, 0.15) is 9.49 Å². The summed E-state index contributed by atoms with van der Waals surface area (Å²) in [5, 5.41) is 2.95. The molecule has 0 saturated heterocycles. The van der Waals surface area contributed by atoms with E-state index in [2.05, 4.69) is 41.9 Å². The molecule has 0 atom stereocenters. The summed E-state index contributed by atoms with van der Waals surface area (Å²) in [6.07, 6.45) is 0. The van der Waals surface area contributed by atoms with E-state index in [1.54, 1.807) is 6.07 Å². The van der Waals surface area contributed by atoms with Gasteiger partial charge >= 0.3 is 18.6 Å². The fraction of sp³-hybridized carbons (Fsp3) is 0.294. The van der Waals surface area contributed by atoms with Crippen LogP contribution in [0.1, 0.15) is 5.56 Å². The maximum absolute atomic E-state index is 12.9. The molecule has 146 valence electrons. The monoisotopic (exact) mass is 509 g/mol. The maximum Gasteiger partial charge on any atom is 0.387 e. The second-order valence-corrected chi connectivity index (χ2v) is 8.21. The number of ether oxygens (including phenoxy) is 3. The summed E-state index contributed by atoms with van der Waals surface area (Å²) >= 11 is 6.61. The van der Waals surface area contributed by atoms with Crippen molar-refractivity contribution in [3.63, 3.8) is 0 Å². The fourth-order valence-electron chi connectivity index (χ4n) is 2.61. The van der Waals surface area contributed by atoms with Gasteiger partial charge in [-0.3, -0.25) is 0 Å². The van der Waals surface area contributed by atoms with Gasteiger partial charge in [0.15, 0.2) is 0 Å². The minimum atomic E-state index is -3.08. The number of nitrogens with one attached hydrogen (secondary N) is 1. The highest BCUT2D eigenvalue weighted by atomic mass is 79.9. The van der Waals surface area contributed by atoms with Gasteiger partial charge in [-0.2, -0.15) is 8.78 Å². The Morgan fingerprint density at radius 1 is 1.11 bits per heavy atom.